The lowest BCUT2D eigenvalue weighted by atomic mass is 10.1. The maximum absolute atomic E-state index is 6.18. The van der Waals surface area contributed by atoms with Crippen LogP contribution in [0.5, 0.6) is 0 Å². The summed E-state index contributed by atoms with van der Waals surface area (Å²) in [4.78, 5) is 5.48. The van der Waals surface area contributed by atoms with Gasteiger partial charge in [0.05, 0.1) is 0 Å². The van der Waals surface area contributed by atoms with Crippen molar-refractivity contribution in [1.29, 1.82) is 0 Å². The fourth-order valence-electron chi connectivity index (χ4n) is 2.42. The van der Waals surface area contributed by atoms with Crippen LogP contribution in [0.3, 0.4) is 0 Å². The minimum Gasteiger partial charge on any atom is -0.394 e. The molecule has 0 unspecified atom stereocenters. The summed E-state index contributed by atoms with van der Waals surface area (Å²) in [5.74, 6) is 0. The van der Waals surface area contributed by atoms with Crippen molar-refractivity contribution in [1.82, 2.24) is 5.32 Å². The van der Waals surface area contributed by atoms with Gasteiger partial charge in [0.2, 0.25) is 0 Å². The predicted octanol–water partition coefficient (Wildman–Crippen LogP) is 4.12. The van der Waals surface area contributed by atoms with Crippen molar-refractivity contribution in [3.8, 4) is 0 Å². The summed E-state index contributed by atoms with van der Waals surface area (Å²) in [6.45, 7) is 1.27. The molecule has 3 aromatic rings. The van der Waals surface area contributed by atoms with Gasteiger partial charge in [0, 0.05) is 22.3 Å². The summed E-state index contributed by atoms with van der Waals surface area (Å²) in [5.41, 5.74) is 0. The fourth-order valence-corrected chi connectivity index (χ4v) is 2.59. The third-order valence-corrected chi connectivity index (χ3v) is 3.76. The van der Waals surface area contributed by atoms with Gasteiger partial charge in [-0.25, -0.2) is 0 Å². The van der Waals surface area contributed by atoms with Crippen molar-refractivity contribution in [2.75, 3.05) is 20.2 Å². The number of likely N-dealkylation sites (N-methyl/N-ethyl adjacent to an activating group) is 1. The van der Waals surface area contributed by atoms with E-state index in [1.54, 1.807) is 0 Å². The van der Waals surface area contributed by atoms with E-state index in [-0.39, 0.29) is 12.4 Å². The fraction of sp³-hybridized carbons (Fsp3) is 0.167. The van der Waals surface area contributed by atoms with E-state index in [1.807, 2.05) is 37.4 Å². The molecule has 0 saturated heterocycles. The quantitative estimate of drug-likeness (QED) is 0.568. The van der Waals surface area contributed by atoms with Crippen LogP contribution < -0.4 is 10.7 Å². The van der Waals surface area contributed by atoms with Gasteiger partial charge in [-0.05, 0) is 30.0 Å². The largest absolute Gasteiger partial charge is 0.394 e. The molecule has 23 heavy (non-hydrogen) atoms. The molecule has 0 spiro atoms. The van der Waals surface area contributed by atoms with Gasteiger partial charge >= 0.3 is 0 Å². The highest BCUT2D eigenvalue weighted by Gasteiger charge is 2.02. The zero-order valence-corrected chi connectivity index (χ0v) is 14.3. The van der Waals surface area contributed by atoms with Crippen molar-refractivity contribution in [3.63, 3.8) is 0 Å². The molecule has 5 heteroatoms. The highest BCUT2D eigenvalue weighted by molar-refractivity contribution is 6.31. The number of hydrogen-bond donors (Lipinski definition) is 1. The Morgan fingerprint density at radius 1 is 1.00 bits per heavy atom. The van der Waals surface area contributed by atoms with Gasteiger partial charge in [0.1, 0.15) is 12.0 Å². The van der Waals surface area contributed by atoms with E-state index in [4.69, 9.17) is 16.4 Å². The average Bonchev–Trinajstić information content (AvgIpc) is 2.69. The molecule has 3 nitrogen and oxygen atoms in total. The first kappa shape index (κ1) is 17.5. The van der Waals surface area contributed by atoms with E-state index < -0.39 is 0 Å². The van der Waals surface area contributed by atoms with Crippen LogP contribution in [0.15, 0.2) is 59.8 Å². The van der Waals surface area contributed by atoms with Gasteiger partial charge in [0.15, 0.2) is 0 Å². The zero-order chi connectivity index (χ0) is 15.4. The van der Waals surface area contributed by atoms with Crippen LogP contribution in [0.4, 0.5) is 0 Å². The first-order valence-corrected chi connectivity index (χ1v) is 7.59. The molecule has 120 valence electrons. The first-order chi connectivity index (χ1) is 10.8. The van der Waals surface area contributed by atoms with Gasteiger partial charge < -0.3 is 10.2 Å². The third kappa shape index (κ3) is 3.94. The molecule has 3 rings (SSSR count). The number of fused-ring (bicyclic) bond motifs is 2. The predicted molar refractivity (Wildman–Crippen MR) is 99.2 cm³/mol. The molecular formula is C18H18Cl2N2O. The van der Waals surface area contributed by atoms with E-state index in [2.05, 4.69) is 34.7 Å². The van der Waals surface area contributed by atoms with Gasteiger partial charge in [-0.15, -0.1) is 12.4 Å². The van der Waals surface area contributed by atoms with E-state index in [9.17, 15) is 0 Å². The van der Waals surface area contributed by atoms with Crippen LogP contribution in [0, 0.1) is 0 Å². The Labute approximate surface area is 146 Å². The molecule has 0 amide bonds. The number of halogens is 2. The summed E-state index contributed by atoms with van der Waals surface area (Å²) in [6, 6.07) is 18.2. The second kappa shape index (κ2) is 8.16. The highest BCUT2D eigenvalue weighted by Crippen LogP contribution is 2.19. The van der Waals surface area contributed by atoms with Crippen LogP contribution in [0.1, 0.15) is 0 Å². The number of rotatable bonds is 4. The molecule has 0 aromatic heterocycles. The van der Waals surface area contributed by atoms with Crippen molar-refractivity contribution in [2.45, 2.75) is 0 Å². The smallest absolute Gasteiger partial charge is 0.129 e. The number of nitrogens with one attached hydrogen (secondary N) is 1. The lowest BCUT2D eigenvalue weighted by Crippen LogP contribution is -2.14. The highest BCUT2D eigenvalue weighted by atomic mass is 35.5. The topological polar surface area (TPSA) is 33.6 Å². The maximum atomic E-state index is 6.18. The summed E-state index contributed by atoms with van der Waals surface area (Å²) in [5, 5.41) is 13.1. The molecule has 3 aromatic carbocycles. The minimum atomic E-state index is 0. The first-order valence-electron chi connectivity index (χ1n) is 7.21. The van der Waals surface area contributed by atoms with Crippen molar-refractivity contribution in [3.05, 3.63) is 65.0 Å². The van der Waals surface area contributed by atoms with Crippen molar-refractivity contribution >= 4 is 45.6 Å². The number of hydrogen-bond acceptors (Lipinski definition) is 3. The van der Waals surface area contributed by atoms with Crippen LogP contribution in [-0.4, -0.2) is 20.2 Å². The second-order valence-corrected chi connectivity index (χ2v) is 5.47. The summed E-state index contributed by atoms with van der Waals surface area (Å²) < 4.78 is 0. The van der Waals surface area contributed by atoms with Crippen molar-refractivity contribution in [2.24, 2.45) is 5.16 Å². The molecule has 0 bridgehead atoms. The Bertz CT molecular complexity index is 881. The monoisotopic (exact) mass is 348 g/mol. The van der Waals surface area contributed by atoms with Crippen molar-refractivity contribution < 1.29 is 4.84 Å². The van der Waals surface area contributed by atoms with E-state index >= 15 is 0 Å². The molecule has 1 N–H and O–H groups in total. The standard InChI is InChI=1S/C18H17ClN2O.ClH/c1-20-10-11-22-21-18-16-5-3-2-4-13(16)6-7-14-8-9-15(19)12-17(14)18;/h2-9,12,20H,10-11H2,1H3;1H/b21-18-;. The SMILES string of the molecule is CNCCO/N=c1/c2ccccc2ccc2ccc(Cl)cc12.Cl. The lowest BCUT2D eigenvalue weighted by molar-refractivity contribution is 0.138. The van der Waals surface area contributed by atoms with Gasteiger partial charge in [-0.1, -0.05) is 59.2 Å². The molecule has 0 radical (unpaired) electrons. The molecule has 0 saturated carbocycles. The Morgan fingerprint density at radius 2 is 1.70 bits per heavy atom. The Morgan fingerprint density at radius 3 is 2.48 bits per heavy atom. The lowest BCUT2D eigenvalue weighted by Gasteiger charge is -2.00. The normalized spacial score (nSPS) is 11.5. The van der Waals surface area contributed by atoms with Crippen LogP contribution >= 0.6 is 24.0 Å². The number of nitrogens with zero attached hydrogens (tertiary/aromatic N) is 1. The van der Waals surface area contributed by atoms with Gasteiger partial charge in [0.25, 0.3) is 0 Å². The maximum Gasteiger partial charge on any atom is 0.129 e. The molecule has 0 aliphatic rings. The molecule has 0 atom stereocenters. The minimum absolute atomic E-state index is 0. The van der Waals surface area contributed by atoms with Crippen LogP contribution in [0.2, 0.25) is 5.02 Å². The molecule has 0 aliphatic heterocycles. The summed E-state index contributed by atoms with van der Waals surface area (Å²) in [7, 11) is 1.89. The Kier molecular flexibility index (Phi) is 6.22. The number of benzene rings is 2. The van der Waals surface area contributed by atoms with E-state index in [1.165, 1.54) is 0 Å². The average molecular weight is 349 g/mol. The van der Waals surface area contributed by atoms with E-state index in [0.717, 1.165) is 33.4 Å². The van der Waals surface area contributed by atoms with E-state index in [0.29, 0.717) is 11.6 Å². The van der Waals surface area contributed by atoms with Gasteiger partial charge in [-0.2, -0.15) is 0 Å². The van der Waals surface area contributed by atoms with Crippen LogP contribution in [-0.2, 0) is 4.84 Å². The summed E-state index contributed by atoms with van der Waals surface area (Å²) >= 11 is 6.18. The third-order valence-electron chi connectivity index (χ3n) is 3.53. The molecule has 0 aliphatic carbocycles. The van der Waals surface area contributed by atoms with Gasteiger partial charge in [-0.3, -0.25) is 0 Å². The zero-order valence-electron chi connectivity index (χ0n) is 12.8. The Hall–Kier alpha value is -1.81. The van der Waals surface area contributed by atoms with Crippen LogP contribution in [0.25, 0.3) is 21.5 Å². The molecule has 0 heterocycles. The molecular weight excluding hydrogens is 331 g/mol. The second-order valence-electron chi connectivity index (χ2n) is 5.03. The Balaban J connectivity index is 0.00000192. The molecule has 0 fully saturated rings. The summed E-state index contributed by atoms with van der Waals surface area (Å²) in [6.07, 6.45) is 0.